The molecular formula is C13H15N3O2S. The number of piperidine rings is 1. The summed E-state index contributed by atoms with van der Waals surface area (Å²) in [6, 6.07) is 7.37. The highest BCUT2D eigenvalue weighted by Gasteiger charge is 2.44. The van der Waals surface area contributed by atoms with Crippen molar-refractivity contribution in [3.05, 3.63) is 29.8 Å². The molecule has 1 aromatic carbocycles. The fraction of sp³-hybridized carbons (Fsp3) is 0.385. The molecule has 3 rings (SSSR count). The second-order valence-electron chi connectivity index (χ2n) is 4.82. The molecule has 2 heterocycles. The van der Waals surface area contributed by atoms with E-state index < -0.39 is 5.54 Å². The van der Waals surface area contributed by atoms with Crippen LogP contribution in [0.2, 0.25) is 0 Å². The topological polar surface area (TPSA) is 73.7 Å². The molecule has 1 saturated heterocycles. The van der Waals surface area contributed by atoms with E-state index in [1.807, 2.05) is 24.3 Å². The summed E-state index contributed by atoms with van der Waals surface area (Å²) in [5, 5.41) is 6.12. The Bertz CT molecular complexity index is 538. The van der Waals surface area contributed by atoms with Crippen molar-refractivity contribution in [2.24, 2.45) is 4.99 Å². The van der Waals surface area contributed by atoms with Crippen molar-refractivity contribution in [1.82, 2.24) is 10.6 Å². The minimum absolute atomic E-state index is 0.00828. The first-order valence-corrected chi connectivity index (χ1v) is 7.05. The van der Waals surface area contributed by atoms with Gasteiger partial charge in [0.25, 0.3) is 5.91 Å². The molecule has 0 bridgehead atoms. The summed E-state index contributed by atoms with van der Waals surface area (Å²) in [6.07, 6.45) is 1.47. The molecule has 3 N–H and O–H groups in total. The molecule has 0 aromatic heterocycles. The molecule has 0 unspecified atom stereocenters. The molecule has 5 nitrogen and oxygen atoms in total. The van der Waals surface area contributed by atoms with Crippen molar-refractivity contribution < 1.29 is 9.35 Å². The Morgan fingerprint density at radius 3 is 2.84 bits per heavy atom. The van der Waals surface area contributed by atoms with Crippen LogP contribution < -0.4 is 10.6 Å². The van der Waals surface area contributed by atoms with Crippen molar-refractivity contribution in [2.75, 3.05) is 13.1 Å². The maximum atomic E-state index is 12.2. The highest BCUT2D eigenvalue weighted by Crippen LogP contribution is 2.28. The number of nitrogens with one attached hydrogen (secondary N) is 2. The highest BCUT2D eigenvalue weighted by atomic mass is 32.2. The van der Waals surface area contributed by atoms with Gasteiger partial charge < -0.3 is 15.2 Å². The van der Waals surface area contributed by atoms with Crippen LogP contribution in [0.25, 0.3) is 0 Å². The number of benzene rings is 1. The van der Waals surface area contributed by atoms with Gasteiger partial charge in [-0.15, -0.1) is 0 Å². The van der Waals surface area contributed by atoms with Gasteiger partial charge in [0.2, 0.25) is 0 Å². The number of rotatable bonds is 2. The molecule has 2 aliphatic heterocycles. The standard InChI is InChI=1S/C13H15N3O2S/c17-12-13(4-6-14-7-5-13)16-11(15-12)9-2-1-3-10(8-9)19-18/h1-3,8,14,18H,4-7H2,(H,15,16,17). The molecule has 1 amide bonds. The van der Waals surface area contributed by atoms with Crippen LogP contribution in [-0.4, -0.2) is 34.9 Å². The average molecular weight is 277 g/mol. The third-order valence-electron chi connectivity index (χ3n) is 3.62. The van der Waals surface area contributed by atoms with Crippen LogP contribution in [0.3, 0.4) is 0 Å². The molecule has 1 spiro atoms. The van der Waals surface area contributed by atoms with Gasteiger partial charge in [-0.1, -0.05) is 12.1 Å². The number of hydrogen-bond acceptors (Lipinski definition) is 5. The molecule has 2 aliphatic rings. The Kier molecular flexibility index (Phi) is 3.30. The number of carbonyl (C=O) groups excluding carboxylic acids is 1. The van der Waals surface area contributed by atoms with Gasteiger partial charge in [0.05, 0.1) is 0 Å². The Morgan fingerprint density at radius 1 is 1.32 bits per heavy atom. The zero-order valence-electron chi connectivity index (χ0n) is 10.3. The Balaban J connectivity index is 1.93. The summed E-state index contributed by atoms with van der Waals surface area (Å²) in [6.45, 7) is 1.63. The van der Waals surface area contributed by atoms with Crippen LogP contribution in [0.15, 0.2) is 34.2 Å². The Morgan fingerprint density at radius 2 is 2.11 bits per heavy atom. The predicted octanol–water partition coefficient (Wildman–Crippen LogP) is 1.25. The summed E-state index contributed by atoms with van der Waals surface area (Å²) in [4.78, 5) is 17.5. The quantitative estimate of drug-likeness (QED) is 0.711. The summed E-state index contributed by atoms with van der Waals surface area (Å²) in [7, 11) is 0. The molecule has 0 saturated carbocycles. The molecule has 100 valence electrons. The lowest BCUT2D eigenvalue weighted by molar-refractivity contribution is -0.124. The number of amides is 1. The number of nitrogens with zero attached hydrogens (tertiary/aromatic N) is 1. The molecule has 0 atom stereocenters. The maximum absolute atomic E-state index is 12.2. The molecular weight excluding hydrogens is 262 g/mol. The summed E-state index contributed by atoms with van der Waals surface area (Å²) >= 11 is 0.692. The monoisotopic (exact) mass is 277 g/mol. The second-order valence-corrected chi connectivity index (χ2v) is 5.47. The van der Waals surface area contributed by atoms with E-state index in [0.717, 1.165) is 36.4 Å². The third-order valence-corrected chi connectivity index (χ3v) is 4.09. The van der Waals surface area contributed by atoms with Gasteiger partial charge in [0.1, 0.15) is 11.4 Å². The van der Waals surface area contributed by atoms with Crippen LogP contribution in [0.5, 0.6) is 0 Å². The van der Waals surface area contributed by atoms with Crippen LogP contribution in [0.1, 0.15) is 18.4 Å². The fourth-order valence-electron chi connectivity index (χ4n) is 2.53. The number of hydrogen-bond donors (Lipinski definition) is 3. The molecule has 1 fully saturated rings. The molecule has 19 heavy (non-hydrogen) atoms. The minimum atomic E-state index is -0.594. The normalized spacial score (nSPS) is 21.3. The molecule has 0 radical (unpaired) electrons. The van der Waals surface area contributed by atoms with Gasteiger partial charge in [-0.2, -0.15) is 0 Å². The Labute approximate surface area is 115 Å². The first-order valence-electron chi connectivity index (χ1n) is 6.27. The van der Waals surface area contributed by atoms with Crippen molar-refractivity contribution in [2.45, 2.75) is 23.3 Å². The highest BCUT2D eigenvalue weighted by molar-refractivity contribution is 7.93. The van der Waals surface area contributed by atoms with E-state index in [0.29, 0.717) is 17.9 Å². The van der Waals surface area contributed by atoms with Gasteiger partial charge in [0.15, 0.2) is 0 Å². The third kappa shape index (κ3) is 2.27. The maximum Gasteiger partial charge on any atom is 0.253 e. The van der Waals surface area contributed by atoms with Crippen LogP contribution in [0, 0.1) is 0 Å². The van der Waals surface area contributed by atoms with E-state index in [1.165, 1.54) is 0 Å². The largest absolute Gasteiger partial charge is 0.325 e. The lowest BCUT2D eigenvalue weighted by atomic mass is 9.89. The SMILES string of the molecule is O=C1NC(c2cccc(SO)c2)=NC12CCNCC2. The number of amidine groups is 1. The predicted molar refractivity (Wildman–Crippen MR) is 74.4 cm³/mol. The number of aliphatic imine (C=N–C) groups is 1. The van der Waals surface area contributed by atoms with Crippen molar-refractivity contribution in [3.8, 4) is 0 Å². The van der Waals surface area contributed by atoms with Crippen molar-refractivity contribution in [1.29, 1.82) is 0 Å². The van der Waals surface area contributed by atoms with Gasteiger partial charge in [-0.05, 0) is 38.1 Å². The van der Waals surface area contributed by atoms with E-state index in [2.05, 4.69) is 15.6 Å². The summed E-state index contributed by atoms with van der Waals surface area (Å²) < 4.78 is 9.08. The molecule has 1 aromatic rings. The van der Waals surface area contributed by atoms with Crippen LogP contribution in [-0.2, 0) is 4.79 Å². The molecule has 0 aliphatic carbocycles. The smallest absolute Gasteiger partial charge is 0.253 e. The average Bonchev–Trinajstić information content (AvgIpc) is 2.77. The molecule has 6 heteroatoms. The van der Waals surface area contributed by atoms with Gasteiger partial charge in [0, 0.05) is 22.5 Å². The first kappa shape index (κ1) is 12.7. The van der Waals surface area contributed by atoms with E-state index in [9.17, 15) is 4.79 Å². The van der Waals surface area contributed by atoms with E-state index in [4.69, 9.17) is 4.55 Å². The minimum Gasteiger partial charge on any atom is -0.325 e. The zero-order chi connectivity index (χ0) is 13.3. The van der Waals surface area contributed by atoms with Gasteiger partial charge in [-0.3, -0.25) is 9.79 Å². The van der Waals surface area contributed by atoms with Crippen molar-refractivity contribution in [3.63, 3.8) is 0 Å². The van der Waals surface area contributed by atoms with E-state index >= 15 is 0 Å². The lowest BCUT2D eigenvalue weighted by Crippen LogP contribution is -2.47. The van der Waals surface area contributed by atoms with Gasteiger partial charge >= 0.3 is 0 Å². The number of carbonyl (C=O) groups is 1. The van der Waals surface area contributed by atoms with Crippen molar-refractivity contribution >= 4 is 23.8 Å². The first-order chi connectivity index (χ1) is 9.23. The summed E-state index contributed by atoms with van der Waals surface area (Å²) in [5.74, 6) is 0.605. The summed E-state index contributed by atoms with van der Waals surface area (Å²) in [5.41, 5.74) is 0.242. The second kappa shape index (κ2) is 4.96. The zero-order valence-corrected chi connectivity index (χ0v) is 11.2. The van der Waals surface area contributed by atoms with E-state index in [-0.39, 0.29) is 5.91 Å². The van der Waals surface area contributed by atoms with Crippen LogP contribution in [0.4, 0.5) is 0 Å². The van der Waals surface area contributed by atoms with Gasteiger partial charge in [-0.25, -0.2) is 0 Å². The van der Waals surface area contributed by atoms with E-state index in [1.54, 1.807) is 0 Å². The fourth-order valence-corrected chi connectivity index (χ4v) is 2.85. The van der Waals surface area contributed by atoms with Crippen LogP contribution >= 0.6 is 12.0 Å². The Hall–Kier alpha value is -1.37. The lowest BCUT2D eigenvalue weighted by Gasteiger charge is -2.28.